The summed E-state index contributed by atoms with van der Waals surface area (Å²) in [4.78, 5) is 2.59. The first-order valence-corrected chi connectivity index (χ1v) is 9.21. The molecule has 2 atom stereocenters. The normalized spacial score (nSPS) is 29.1. The van der Waals surface area contributed by atoms with Crippen LogP contribution in [0.15, 0.2) is 54.6 Å². The molecule has 0 aliphatic carbocycles. The second kappa shape index (κ2) is 6.63. The van der Waals surface area contributed by atoms with Crippen LogP contribution in [0.5, 0.6) is 0 Å². The summed E-state index contributed by atoms with van der Waals surface area (Å²) in [5.41, 5.74) is 1.88. The number of fused-ring (bicyclic) bond motifs is 2. The summed E-state index contributed by atoms with van der Waals surface area (Å²) >= 11 is 0. The van der Waals surface area contributed by atoms with Crippen LogP contribution in [0.2, 0.25) is 0 Å². The fraction of sp³-hybridized carbons (Fsp3) is 0.409. The van der Waals surface area contributed by atoms with Gasteiger partial charge in [-0.15, -0.1) is 0 Å². The molecule has 1 N–H and O–H groups in total. The zero-order chi connectivity index (χ0) is 17.3. The molecule has 3 heteroatoms. The van der Waals surface area contributed by atoms with E-state index in [9.17, 15) is 10.4 Å². The lowest BCUT2D eigenvalue weighted by molar-refractivity contribution is -0.1000. The van der Waals surface area contributed by atoms with Crippen LogP contribution in [0, 0.1) is 11.3 Å². The van der Waals surface area contributed by atoms with Gasteiger partial charge in [-0.3, -0.25) is 4.90 Å². The van der Waals surface area contributed by atoms with Crippen molar-refractivity contribution in [1.82, 2.24) is 4.90 Å². The molecule has 0 amide bonds. The molecule has 2 aromatic rings. The fourth-order valence-corrected chi connectivity index (χ4v) is 4.78. The predicted molar refractivity (Wildman–Crippen MR) is 97.7 cm³/mol. The molecule has 0 aromatic heterocycles. The SMILES string of the molecule is N#Cc1ccccc1C1(O)CC2CCCC(C1)N2Cc1ccccc1. The van der Waals surface area contributed by atoms with Crippen molar-refractivity contribution in [3.8, 4) is 6.07 Å². The van der Waals surface area contributed by atoms with E-state index in [1.165, 1.54) is 12.0 Å². The van der Waals surface area contributed by atoms with Gasteiger partial charge in [0, 0.05) is 24.2 Å². The third kappa shape index (κ3) is 3.08. The highest BCUT2D eigenvalue weighted by atomic mass is 16.3. The van der Waals surface area contributed by atoms with Crippen molar-refractivity contribution in [3.05, 3.63) is 71.3 Å². The van der Waals surface area contributed by atoms with Gasteiger partial charge in [0.2, 0.25) is 0 Å². The van der Waals surface area contributed by atoms with Crippen molar-refractivity contribution in [1.29, 1.82) is 5.26 Å². The van der Waals surface area contributed by atoms with Crippen molar-refractivity contribution >= 4 is 0 Å². The molecule has 0 radical (unpaired) electrons. The highest BCUT2D eigenvalue weighted by molar-refractivity contribution is 5.41. The van der Waals surface area contributed by atoms with Crippen LogP contribution in [-0.2, 0) is 12.1 Å². The molecule has 2 aliphatic heterocycles. The van der Waals surface area contributed by atoms with Crippen LogP contribution >= 0.6 is 0 Å². The molecule has 2 fully saturated rings. The monoisotopic (exact) mass is 332 g/mol. The van der Waals surface area contributed by atoms with Gasteiger partial charge in [0.15, 0.2) is 0 Å². The quantitative estimate of drug-likeness (QED) is 0.925. The molecule has 2 aromatic carbocycles. The molecule has 2 unspecified atom stereocenters. The summed E-state index contributed by atoms with van der Waals surface area (Å²) < 4.78 is 0. The van der Waals surface area contributed by atoms with Gasteiger partial charge < -0.3 is 5.11 Å². The third-order valence-electron chi connectivity index (χ3n) is 5.92. The minimum Gasteiger partial charge on any atom is -0.385 e. The molecule has 3 nitrogen and oxygen atoms in total. The highest BCUT2D eigenvalue weighted by Gasteiger charge is 2.46. The van der Waals surface area contributed by atoms with Gasteiger partial charge in [0.1, 0.15) is 0 Å². The van der Waals surface area contributed by atoms with Crippen molar-refractivity contribution in [2.75, 3.05) is 0 Å². The Morgan fingerprint density at radius 1 is 1.00 bits per heavy atom. The zero-order valence-corrected chi connectivity index (χ0v) is 14.4. The lowest BCUT2D eigenvalue weighted by Crippen LogP contribution is -2.56. The fourth-order valence-electron chi connectivity index (χ4n) is 4.78. The van der Waals surface area contributed by atoms with Gasteiger partial charge in [-0.2, -0.15) is 5.26 Å². The Morgan fingerprint density at radius 3 is 2.32 bits per heavy atom. The lowest BCUT2D eigenvalue weighted by Gasteiger charge is -2.52. The molecule has 0 saturated carbocycles. The molecule has 4 rings (SSSR count). The molecule has 2 bridgehead atoms. The van der Waals surface area contributed by atoms with Gasteiger partial charge >= 0.3 is 0 Å². The largest absolute Gasteiger partial charge is 0.385 e. The zero-order valence-electron chi connectivity index (χ0n) is 14.4. The van der Waals surface area contributed by atoms with Crippen LogP contribution in [0.25, 0.3) is 0 Å². The maximum atomic E-state index is 11.5. The molecular weight excluding hydrogens is 308 g/mol. The van der Waals surface area contributed by atoms with Gasteiger partial charge in [0.25, 0.3) is 0 Å². The number of rotatable bonds is 3. The molecule has 2 aliphatic rings. The van der Waals surface area contributed by atoms with Crippen LogP contribution in [0.3, 0.4) is 0 Å². The highest BCUT2D eigenvalue weighted by Crippen LogP contribution is 2.45. The van der Waals surface area contributed by atoms with E-state index in [1.807, 2.05) is 24.3 Å². The topological polar surface area (TPSA) is 47.3 Å². The van der Waals surface area contributed by atoms with E-state index in [0.717, 1.165) is 37.8 Å². The number of piperidine rings is 2. The van der Waals surface area contributed by atoms with Crippen molar-refractivity contribution in [2.24, 2.45) is 0 Å². The minimum atomic E-state index is -0.880. The van der Waals surface area contributed by atoms with Crippen molar-refractivity contribution < 1.29 is 5.11 Å². The van der Waals surface area contributed by atoms with Gasteiger partial charge in [-0.1, -0.05) is 55.0 Å². The van der Waals surface area contributed by atoms with Crippen molar-refractivity contribution in [3.63, 3.8) is 0 Å². The smallest absolute Gasteiger partial charge is 0.0995 e. The molecule has 2 heterocycles. The van der Waals surface area contributed by atoms with E-state index in [0.29, 0.717) is 17.6 Å². The summed E-state index contributed by atoms with van der Waals surface area (Å²) in [6, 6.07) is 21.2. The summed E-state index contributed by atoms with van der Waals surface area (Å²) in [6.07, 6.45) is 4.92. The predicted octanol–water partition coefficient (Wildman–Crippen LogP) is 3.96. The first-order valence-electron chi connectivity index (χ1n) is 9.21. The third-order valence-corrected chi connectivity index (χ3v) is 5.92. The molecule has 2 saturated heterocycles. The van der Waals surface area contributed by atoms with Gasteiger partial charge in [0.05, 0.1) is 17.2 Å². The Hall–Kier alpha value is -2.15. The second-order valence-corrected chi connectivity index (χ2v) is 7.49. The van der Waals surface area contributed by atoms with E-state index >= 15 is 0 Å². The average molecular weight is 332 g/mol. The Kier molecular flexibility index (Phi) is 4.33. The first kappa shape index (κ1) is 16.3. The van der Waals surface area contributed by atoms with Gasteiger partial charge in [-0.25, -0.2) is 0 Å². The van der Waals surface area contributed by atoms with E-state index in [4.69, 9.17) is 0 Å². The summed E-state index contributed by atoms with van der Waals surface area (Å²) in [5.74, 6) is 0. The van der Waals surface area contributed by atoms with Crippen LogP contribution in [-0.4, -0.2) is 22.1 Å². The van der Waals surface area contributed by atoms with Crippen molar-refractivity contribution in [2.45, 2.75) is 56.3 Å². The first-order chi connectivity index (χ1) is 12.2. The van der Waals surface area contributed by atoms with Gasteiger partial charge in [-0.05, 0) is 37.3 Å². The second-order valence-electron chi connectivity index (χ2n) is 7.49. The number of nitrogens with zero attached hydrogens (tertiary/aromatic N) is 2. The van der Waals surface area contributed by atoms with Crippen LogP contribution in [0.4, 0.5) is 0 Å². The number of hydrogen-bond donors (Lipinski definition) is 1. The number of hydrogen-bond acceptors (Lipinski definition) is 3. The Bertz CT molecular complexity index is 766. The standard InChI is InChI=1S/C22H24N2O/c23-15-18-9-4-5-12-21(18)22(25)13-19-10-6-11-20(14-22)24(19)16-17-7-2-1-3-8-17/h1-5,7-9,12,19-20,25H,6,10-11,13-14,16H2. The Labute approximate surface area is 149 Å². The van der Waals surface area contributed by atoms with E-state index in [1.54, 1.807) is 0 Å². The van der Waals surface area contributed by atoms with Crippen LogP contribution < -0.4 is 0 Å². The van der Waals surface area contributed by atoms with Crippen LogP contribution in [0.1, 0.15) is 48.8 Å². The summed E-state index contributed by atoms with van der Waals surface area (Å²) in [7, 11) is 0. The number of nitriles is 1. The Balaban J connectivity index is 1.62. The molecule has 0 spiro atoms. The maximum absolute atomic E-state index is 11.5. The number of aliphatic hydroxyl groups is 1. The van der Waals surface area contributed by atoms with E-state index in [2.05, 4.69) is 41.3 Å². The molecular formula is C22H24N2O. The lowest BCUT2D eigenvalue weighted by atomic mass is 9.71. The average Bonchev–Trinajstić information content (AvgIpc) is 2.63. The number of benzene rings is 2. The molecule has 25 heavy (non-hydrogen) atoms. The van der Waals surface area contributed by atoms with E-state index in [-0.39, 0.29) is 0 Å². The van der Waals surface area contributed by atoms with E-state index < -0.39 is 5.60 Å². The maximum Gasteiger partial charge on any atom is 0.0995 e. The summed E-state index contributed by atoms with van der Waals surface area (Å²) in [5, 5.41) is 20.9. The minimum absolute atomic E-state index is 0.379. The summed E-state index contributed by atoms with van der Waals surface area (Å²) in [6.45, 7) is 0.951. The molecule has 128 valence electrons. The Morgan fingerprint density at radius 2 is 1.64 bits per heavy atom.